The van der Waals surface area contributed by atoms with Crippen molar-refractivity contribution >= 4 is 11.8 Å². The number of aromatic amines is 1. The molecular weight excluding hydrogens is 466 g/mol. The second kappa shape index (κ2) is 9.40. The summed E-state index contributed by atoms with van der Waals surface area (Å²) in [5.41, 5.74) is 2.86. The lowest BCUT2D eigenvalue weighted by atomic mass is 9.92. The van der Waals surface area contributed by atoms with E-state index in [1.807, 2.05) is 26.0 Å². The largest absolute Gasteiger partial charge is 0.343 e. The lowest BCUT2D eigenvalue weighted by molar-refractivity contribution is -0.138. The number of alkyl halides is 1. The summed E-state index contributed by atoms with van der Waals surface area (Å²) in [7, 11) is 0. The van der Waals surface area contributed by atoms with Gasteiger partial charge in [0.1, 0.15) is 18.0 Å². The third-order valence-electron chi connectivity index (χ3n) is 7.29. The minimum atomic E-state index is -1.32. The number of nitrogens with one attached hydrogen (secondary N) is 2. The molecule has 3 heterocycles. The highest BCUT2D eigenvalue weighted by atomic mass is 19.1. The van der Waals surface area contributed by atoms with Crippen LogP contribution in [0, 0.1) is 12.7 Å². The van der Waals surface area contributed by atoms with E-state index < -0.39 is 30.1 Å². The fourth-order valence-corrected chi connectivity index (χ4v) is 4.91. The highest BCUT2D eigenvalue weighted by Gasteiger charge is 2.42. The number of carbonyl (C=O) groups is 2. The number of halogens is 2. The van der Waals surface area contributed by atoms with Crippen LogP contribution in [0.5, 0.6) is 0 Å². The number of hydrogen-bond acceptors (Lipinski definition) is 5. The first-order valence-electron chi connectivity index (χ1n) is 12.1. The summed E-state index contributed by atoms with van der Waals surface area (Å²) in [5.74, 6) is -1.23. The average Bonchev–Trinajstić information content (AvgIpc) is 3.20. The van der Waals surface area contributed by atoms with Gasteiger partial charge in [0.15, 0.2) is 0 Å². The molecule has 3 atom stereocenters. The zero-order valence-electron chi connectivity index (χ0n) is 20.2. The standard InChI is InChI=1S/C26H28F2N6O2/c1-15-19(4-3-9-29-15)24(16-5-6-20(21(28)10-16)26(2)7-8-26)31-25(36)22-11-17(27)14-34(22)23(35)12-18-13-30-33-32-18/h3-6,9-10,13,17,22,24H,7-8,11-12,14H2,1-2H3,(H,31,36)(H,30,32,33)/t17-,22+,24-/m1/s1. The van der Waals surface area contributed by atoms with E-state index in [2.05, 4.69) is 25.7 Å². The number of benzene rings is 1. The van der Waals surface area contributed by atoms with E-state index in [9.17, 15) is 14.0 Å². The van der Waals surface area contributed by atoms with Crippen LogP contribution in [-0.2, 0) is 21.4 Å². The van der Waals surface area contributed by atoms with E-state index in [4.69, 9.17) is 0 Å². The summed E-state index contributed by atoms with van der Waals surface area (Å²) < 4.78 is 29.6. The summed E-state index contributed by atoms with van der Waals surface area (Å²) in [4.78, 5) is 31.9. The zero-order chi connectivity index (χ0) is 25.4. The van der Waals surface area contributed by atoms with Crippen LogP contribution in [0.3, 0.4) is 0 Å². The lowest BCUT2D eigenvalue weighted by Gasteiger charge is -2.27. The molecule has 2 N–H and O–H groups in total. The van der Waals surface area contributed by atoms with Crippen LogP contribution in [0.1, 0.15) is 60.3 Å². The van der Waals surface area contributed by atoms with Gasteiger partial charge in [0.25, 0.3) is 0 Å². The number of likely N-dealkylation sites (tertiary alicyclic amines) is 1. The third-order valence-corrected chi connectivity index (χ3v) is 7.29. The number of aryl methyl sites for hydroxylation is 1. The van der Waals surface area contributed by atoms with Gasteiger partial charge in [-0.1, -0.05) is 25.1 Å². The molecule has 1 aromatic carbocycles. The van der Waals surface area contributed by atoms with Gasteiger partial charge in [0.2, 0.25) is 11.8 Å². The first-order valence-corrected chi connectivity index (χ1v) is 12.1. The lowest BCUT2D eigenvalue weighted by Crippen LogP contribution is -2.47. The molecule has 8 nitrogen and oxygen atoms in total. The smallest absolute Gasteiger partial charge is 0.243 e. The highest BCUT2D eigenvalue weighted by Crippen LogP contribution is 2.48. The molecular formula is C26H28F2N6O2. The molecule has 0 bridgehead atoms. The number of amides is 2. The Labute approximate surface area is 207 Å². The predicted molar refractivity (Wildman–Crippen MR) is 127 cm³/mol. The van der Waals surface area contributed by atoms with Crippen LogP contribution in [0.15, 0.2) is 42.7 Å². The molecule has 36 heavy (non-hydrogen) atoms. The first-order chi connectivity index (χ1) is 17.2. The number of pyridine rings is 1. The molecule has 0 spiro atoms. The van der Waals surface area contributed by atoms with E-state index in [1.54, 1.807) is 18.3 Å². The maximum absolute atomic E-state index is 15.2. The van der Waals surface area contributed by atoms with Crippen molar-refractivity contribution < 1.29 is 18.4 Å². The maximum Gasteiger partial charge on any atom is 0.243 e. The molecule has 5 rings (SSSR count). The van der Waals surface area contributed by atoms with Crippen molar-refractivity contribution in [3.63, 3.8) is 0 Å². The topological polar surface area (TPSA) is 104 Å². The molecule has 1 saturated carbocycles. The van der Waals surface area contributed by atoms with Crippen molar-refractivity contribution in [1.29, 1.82) is 0 Å². The van der Waals surface area contributed by atoms with E-state index in [1.165, 1.54) is 17.2 Å². The normalized spacial score (nSPS) is 21.3. The molecule has 2 aromatic heterocycles. The molecule has 2 aliphatic rings. The van der Waals surface area contributed by atoms with Crippen LogP contribution in [-0.4, -0.2) is 55.9 Å². The first kappa shape index (κ1) is 24.0. The van der Waals surface area contributed by atoms with Gasteiger partial charge < -0.3 is 10.2 Å². The Morgan fingerprint density at radius 1 is 1.31 bits per heavy atom. The fourth-order valence-electron chi connectivity index (χ4n) is 4.91. The van der Waals surface area contributed by atoms with Gasteiger partial charge in [0, 0.05) is 23.9 Å². The minimum absolute atomic E-state index is 0.0937. The number of rotatable bonds is 7. The van der Waals surface area contributed by atoms with Crippen LogP contribution in [0.2, 0.25) is 0 Å². The van der Waals surface area contributed by atoms with Gasteiger partial charge in [-0.3, -0.25) is 14.6 Å². The van der Waals surface area contributed by atoms with Crippen LogP contribution >= 0.6 is 0 Å². The van der Waals surface area contributed by atoms with Gasteiger partial charge >= 0.3 is 0 Å². The van der Waals surface area contributed by atoms with Crippen molar-refractivity contribution in [1.82, 2.24) is 30.6 Å². The second-order valence-corrected chi connectivity index (χ2v) is 9.95. The fraction of sp³-hybridized carbons (Fsp3) is 0.423. The summed E-state index contributed by atoms with van der Waals surface area (Å²) in [6.07, 6.45) is 3.41. The summed E-state index contributed by atoms with van der Waals surface area (Å²) in [6, 6.07) is 6.92. The van der Waals surface area contributed by atoms with Crippen LogP contribution in [0.25, 0.3) is 0 Å². The molecule has 0 unspecified atom stereocenters. The summed E-state index contributed by atoms with van der Waals surface area (Å²) in [6.45, 7) is 3.67. The average molecular weight is 495 g/mol. The van der Waals surface area contributed by atoms with Crippen molar-refractivity contribution in [2.24, 2.45) is 0 Å². The van der Waals surface area contributed by atoms with Crippen LogP contribution in [0.4, 0.5) is 8.78 Å². The van der Waals surface area contributed by atoms with E-state index >= 15 is 4.39 Å². The Hall–Kier alpha value is -3.69. The molecule has 2 fully saturated rings. The molecule has 2 amide bonds. The molecule has 188 valence electrons. The molecule has 1 saturated heterocycles. The van der Waals surface area contributed by atoms with Gasteiger partial charge in [-0.25, -0.2) is 8.78 Å². The Morgan fingerprint density at radius 2 is 2.11 bits per heavy atom. The van der Waals surface area contributed by atoms with E-state index in [0.29, 0.717) is 28.1 Å². The molecule has 1 aliphatic carbocycles. The number of H-pyrrole nitrogens is 1. The quantitative estimate of drug-likeness (QED) is 0.525. The van der Waals surface area contributed by atoms with E-state index in [0.717, 1.165) is 12.8 Å². The predicted octanol–water partition coefficient (Wildman–Crippen LogP) is 3.09. The molecule has 1 aliphatic heterocycles. The zero-order valence-corrected chi connectivity index (χ0v) is 20.2. The van der Waals surface area contributed by atoms with Gasteiger partial charge in [0.05, 0.1) is 30.9 Å². The molecule has 0 radical (unpaired) electrons. The summed E-state index contributed by atoms with van der Waals surface area (Å²) in [5, 5.41) is 12.9. The van der Waals surface area contributed by atoms with Gasteiger partial charge in [-0.2, -0.15) is 15.4 Å². The summed E-state index contributed by atoms with van der Waals surface area (Å²) >= 11 is 0. The highest BCUT2D eigenvalue weighted by molar-refractivity contribution is 5.89. The maximum atomic E-state index is 15.2. The minimum Gasteiger partial charge on any atom is -0.343 e. The van der Waals surface area contributed by atoms with Gasteiger partial charge in [-0.05, 0) is 48.4 Å². The monoisotopic (exact) mass is 494 g/mol. The van der Waals surface area contributed by atoms with Gasteiger partial charge in [-0.15, -0.1) is 0 Å². The SMILES string of the molecule is Cc1ncccc1[C@H](NC(=O)[C@@H]1C[C@@H](F)CN1C(=O)Cc1cn[nH]n1)c1ccc(C2(C)CC2)c(F)c1. The number of carbonyl (C=O) groups excluding carboxylic acids is 2. The van der Waals surface area contributed by atoms with Crippen molar-refractivity contribution in [2.45, 2.75) is 63.2 Å². The molecule has 10 heteroatoms. The van der Waals surface area contributed by atoms with Crippen molar-refractivity contribution in [3.05, 3.63) is 76.6 Å². The third kappa shape index (κ3) is 4.72. The number of aromatic nitrogens is 4. The second-order valence-electron chi connectivity index (χ2n) is 9.95. The number of nitrogens with zero attached hydrogens (tertiary/aromatic N) is 4. The van der Waals surface area contributed by atoms with Crippen molar-refractivity contribution in [2.75, 3.05) is 6.54 Å². The Kier molecular flexibility index (Phi) is 6.27. The van der Waals surface area contributed by atoms with E-state index in [-0.39, 0.29) is 30.6 Å². The Balaban J connectivity index is 1.42. The Bertz CT molecular complexity index is 1280. The van der Waals surface area contributed by atoms with Crippen molar-refractivity contribution in [3.8, 4) is 0 Å². The number of hydrogen-bond donors (Lipinski definition) is 2. The Morgan fingerprint density at radius 3 is 2.78 bits per heavy atom. The van der Waals surface area contributed by atoms with Crippen LogP contribution < -0.4 is 5.32 Å². The molecule has 3 aromatic rings.